The van der Waals surface area contributed by atoms with Gasteiger partial charge in [0.1, 0.15) is 10.4 Å². The van der Waals surface area contributed by atoms with Crippen LogP contribution in [0.3, 0.4) is 0 Å². The normalized spacial score (nSPS) is 19.2. The molecule has 2 heterocycles. The molecule has 0 aromatic carbocycles. The zero-order valence-electron chi connectivity index (χ0n) is 17.5. The van der Waals surface area contributed by atoms with Crippen molar-refractivity contribution in [3.05, 3.63) is 23.8 Å². The molecule has 1 unspecified atom stereocenters. The van der Waals surface area contributed by atoms with Crippen molar-refractivity contribution in [2.45, 2.75) is 82.1 Å². The van der Waals surface area contributed by atoms with Crippen LogP contribution in [0.25, 0.3) is 11.5 Å². The van der Waals surface area contributed by atoms with Crippen molar-refractivity contribution in [1.82, 2.24) is 14.8 Å². The molecule has 1 atom stereocenters. The van der Waals surface area contributed by atoms with Gasteiger partial charge >= 0.3 is 0 Å². The molecule has 2 aromatic rings. The number of hydrogen-bond donors (Lipinski definition) is 0. The van der Waals surface area contributed by atoms with Crippen LogP contribution in [0.1, 0.15) is 78.3 Å². The first-order chi connectivity index (χ1) is 12.4. The Hall–Kier alpha value is -1.56. The summed E-state index contributed by atoms with van der Waals surface area (Å²) in [7, 11) is -0.483. The van der Waals surface area contributed by atoms with Gasteiger partial charge in [-0.25, -0.2) is 4.98 Å². The molecule has 0 saturated heterocycles. The number of rotatable bonds is 4. The molecule has 150 valence electrons. The zero-order valence-corrected chi connectivity index (χ0v) is 18.4. The van der Waals surface area contributed by atoms with Crippen molar-refractivity contribution in [2.24, 2.45) is 7.05 Å². The summed E-state index contributed by atoms with van der Waals surface area (Å²) in [5.74, 6) is 5.34. The lowest BCUT2D eigenvalue weighted by Crippen LogP contribution is -2.38. The molecule has 1 aliphatic rings. The Morgan fingerprint density at radius 2 is 1.81 bits per heavy atom. The van der Waals surface area contributed by atoms with E-state index >= 15 is 0 Å². The van der Waals surface area contributed by atoms with Crippen LogP contribution < -0.4 is 0 Å². The van der Waals surface area contributed by atoms with Crippen LogP contribution in [0, 0.1) is 0 Å². The first-order valence-electron chi connectivity index (χ1n) is 9.81. The summed E-state index contributed by atoms with van der Waals surface area (Å²) in [5, 5.41) is 4.75. The summed E-state index contributed by atoms with van der Waals surface area (Å²) >= 11 is 0. The van der Waals surface area contributed by atoms with Gasteiger partial charge in [-0.2, -0.15) is 5.10 Å². The highest BCUT2D eigenvalue weighted by atomic mass is 32.2. The van der Waals surface area contributed by atoms with E-state index in [1.165, 1.54) is 6.42 Å². The van der Waals surface area contributed by atoms with E-state index in [0.29, 0.717) is 11.7 Å². The molecule has 1 aliphatic carbocycles. The Labute approximate surface area is 163 Å². The molecule has 5 nitrogen and oxygen atoms in total. The van der Waals surface area contributed by atoms with Crippen LogP contribution in [0.2, 0.25) is 0 Å². The highest BCUT2D eigenvalue weighted by Gasteiger charge is 2.41. The largest absolute Gasteiger partial charge is 0.438 e. The smallest absolute Gasteiger partial charge is 0.212 e. The molecule has 6 heteroatoms. The predicted molar refractivity (Wildman–Crippen MR) is 113 cm³/mol. The molecular weight excluding hydrogens is 358 g/mol. The first kappa shape index (κ1) is 20.2. The van der Waals surface area contributed by atoms with Crippen molar-refractivity contribution < 1.29 is 8.63 Å². The highest BCUT2D eigenvalue weighted by Crippen LogP contribution is 2.38. The lowest BCUT2D eigenvalue weighted by Gasteiger charge is -2.34. The predicted octanol–water partition coefficient (Wildman–Crippen LogP) is 4.66. The van der Waals surface area contributed by atoms with Gasteiger partial charge in [0.15, 0.2) is 5.76 Å². The minimum absolute atomic E-state index is 0.0409. The molecule has 1 fully saturated rings. The molecule has 0 bridgehead atoms. The third-order valence-corrected chi connectivity index (χ3v) is 9.33. The molecule has 0 spiro atoms. The number of hydrogen-bond acceptors (Lipinski definition) is 4. The maximum atomic E-state index is 13.7. The lowest BCUT2D eigenvalue weighted by molar-refractivity contribution is 0.438. The van der Waals surface area contributed by atoms with Gasteiger partial charge in [0.25, 0.3) is 0 Å². The summed E-state index contributed by atoms with van der Waals surface area (Å²) in [6, 6.07) is 2.04. The van der Waals surface area contributed by atoms with Crippen LogP contribution >= 0.6 is 0 Å². The van der Waals surface area contributed by atoms with Crippen LogP contribution in [0.15, 0.2) is 16.7 Å². The molecule has 0 amide bonds. The van der Waals surface area contributed by atoms with E-state index in [2.05, 4.69) is 36.7 Å². The number of aromatic nitrogens is 3. The molecule has 3 rings (SSSR count). The Balaban J connectivity index is 1.94. The van der Waals surface area contributed by atoms with Gasteiger partial charge in [0.05, 0.1) is 11.9 Å². The van der Waals surface area contributed by atoms with E-state index in [1.54, 1.807) is 6.20 Å². The maximum absolute atomic E-state index is 13.7. The van der Waals surface area contributed by atoms with Gasteiger partial charge < -0.3 is 4.42 Å². The van der Waals surface area contributed by atoms with Crippen molar-refractivity contribution in [3.8, 4) is 11.5 Å². The average molecular weight is 392 g/mol. The van der Waals surface area contributed by atoms with Crippen molar-refractivity contribution in [2.75, 3.05) is 0 Å². The molecule has 0 aliphatic heterocycles. The van der Waals surface area contributed by atoms with Crippen molar-refractivity contribution >= 4 is 15.4 Å². The summed E-state index contributed by atoms with van der Waals surface area (Å²) in [4.78, 5) is 4.51. The van der Waals surface area contributed by atoms with Crippen molar-refractivity contribution in [3.63, 3.8) is 0 Å². The summed E-state index contributed by atoms with van der Waals surface area (Å²) in [6.07, 6.45) is 7.18. The molecule has 0 N–H and O–H groups in total. The second kappa shape index (κ2) is 6.80. The van der Waals surface area contributed by atoms with Crippen LogP contribution in [-0.4, -0.2) is 30.1 Å². The second-order valence-electron chi connectivity index (χ2n) is 9.31. The van der Waals surface area contributed by atoms with E-state index in [9.17, 15) is 4.21 Å². The van der Waals surface area contributed by atoms with Gasteiger partial charge in [0, 0.05) is 17.7 Å². The Bertz CT molecular complexity index is 908. The summed E-state index contributed by atoms with van der Waals surface area (Å²) in [6.45, 7) is 10.3. The van der Waals surface area contributed by atoms with Crippen molar-refractivity contribution in [1.29, 1.82) is 0 Å². The van der Waals surface area contributed by atoms with Crippen LogP contribution in [0.4, 0.5) is 0 Å². The highest BCUT2D eigenvalue weighted by molar-refractivity contribution is 8.01. The lowest BCUT2D eigenvalue weighted by atomic mass is 9.92. The number of nitrogens with zero attached hydrogens (tertiary/aromatic N) is 3. The summed E-state index contributed by atoms with van der Waals surface area (Å²) < 4.78 is 20.9. The maximum Gasteiger partial charge on any atom is 0.212 e. The van der Waals surface area contributed by atoms with Gasteiger partial charge in [-0.05, 0) is 48.1 Å². The van der Waals surface area contributed by atoms with Crippen LogP contribution in [-0.2, 0) is 26.7 Å². The SMILES string of the molecule is C=S(=O)(C1CCCCC1)C(C)(C)c1ncc(-c2cc(C(C)(C)C)nn2C)o1. The fourth-order valence-corrected chi connectivity index (χ4v) is 6.06. The molecule has 2 aromatic heterocycles. The topological polar surface area (TPSA) is 60.9 Å². The monoisotopic (exact) mass is 391 g/mol. The van der Waals surface area contributed by atoms with Gasteiger partial charge in [0.2, 0.25) is 5.89 Å². The van der Waals surface area contributed by atoms with E-state index in [-0.39, 0.29) is 10.7 Å². The minimum Gasteiger partial charge on any atom is -0.438 e. The Morgan fingerprint density at radius 3 is 2.37 bits per heavy atom. The van der Waals surface area contributed by atoms with Gasteiger partial charge in [-0.1, -0.05) is 40.0 Å². The van der Waals surface area contributed by atoms with E-state index in [0.717, 1.165) is 37.1 Å². The van der Waals surface area contributed by atoms with E-state index in [4.69, 9.17) is 4.42 Å². The average Bonchev–Trinajstić information content (AvgIpc) is 3.22. The molecule has 27 heavy (non-hydrogen) atoms. The molecule has 0 radical (unpaired) electrons. The molecular formula is C21H33N3O2S. The number of oxazole rings is 1. The quantitative estimate of drug-likeness (QED) is 0.711. The molecule has 1 saturated carbocycles. The fraction of sp³-hybridized carbons (Fsp3) is 0.667. The third kappa shape index (κ3) is 3.60. The van der Waals surface area contributed by atoms with E-state index < -0.39 is 14.3 Å². The first-order valence-corrected chi connectivity index (χ1v) is 11.6. The van der Waals surface area contributed by atoms with Gasteiger partial charge in [-0.15, -0.1) is 0 Å². The standard InChI is InChI=1S/C21H33N3O2S/c1-20(2,3)18-13-16(24(6)23-18)17-14-22-19(26-17)21(4,5)27(7,25)15-11-9-8-10-12-15/h13-15H,7-12H2,1-6H3. The number of aryl methyl sites for hydroxylation is 1. The Morgan fingerprint density at radius 1 is 1.19 bits per heavy atom. The fourth-order valence-electron chi connectivity index (χ4n) is 3.75. The van der Waals surface area contributed by atoms with Crippen LogP contribution in [0.5, 0.6) is 0 Å². The zero-order chi connectivity index (χ0) is 20.0. The minimum atomic E-state index is -2.39. The van der Waals surface area contributed by atoms with E-state index in [1.807, 2.05) is 31.6 Å². The second-order valence-corrected chi connectivity index (χ2v) is 12.5. The third-order valence-electron chi connectivity index (χ3n) is 5.88. The summed E-state index contributed by atoms with van der Waals surface area (Å²) in [5.41, 5.74) is 1.84. The Kier molecular flexibility index (Phi) is 5.08. The van der Waals surface area contributed by atoms with Gasteiger partial charge in [-0.3, -0.25) is 8.89 Å².